The summed E-state index contributed by atoms with van der Waals surface area (Å²) in [5.41, 5.74) is 1.92. The quantitative estimate of drug-likeness (QED) is 0.619. The van der Waals surface area contributed by atoms with Gasteiger partial charge in [-0.15, -0.1) is 0 Å². The molecule has 3 aromatic rings. The number of aromatic amines is 1. The molecule has 0 unspecified atom stereocenters. The fourth-order valence-corrected chi connectivity index (χ4v) is 3.89. The van der Waals surface area contributed by atoms with Crippen LogP contribution in [0.5, 0.6) is 0 Å². The minimum absolute atomic E-state index is 0.0591. The van der Waals surface area contributed by atoms with E-state index in [9.17, 15) is 14.0 Å². The van der Waals surface area contributed by atoms with E-state index in [1.165, 1.54) is 12.1 Å². The van der Waals surface area contributed by atoms with Gasteiger partial charge in [-0.05, 0) is 37.1 Å². The molecule has 2 aromatic carbocycles. The molecule has 1 aliphatic rings. The third-order valence-corrected chi connectivity index (χ3v) is 5.38. The van der Waals surface area contributed by atoms with Crippen LogP contribution in [0, 0.1) is 5.82 Å². The topological polar surface area (TPSA) is 82.2 Å². The highest BCUT2D eigenvalue weighted by molar-refractivity contribution is 5.89. The fourth-order valence-electron chi connectivity index (χ4n) is 3.89. The standard InChI is InChI=1S/C21H24FN5O2/c22-16-5-1-2-6-17(16)24-20(28)23-11-14-26-12-9-15(10-13-26)27-19-8-4-3-7-18(19)25-21(27)29/h1-8,15H,9-14H2,(H,25,29)(H2,23,24,28). The Bertz CT molecular complexity index is 1050. The van der Waals surface area contributed by atoms with Gasteiger partial charge in [-0.3, -0.25) is 4.57 Å². The zero-order valence-electron chi connectivity index (χ0n) is 16.0. The zero-order valence-corrected chi connectivity index (χ0v) is 16.0. The minimum atomic E-state index is -0.461. The lowest BCUT2D eigenvalue weighted by molar-refractivity contribution is 0.187. The van der Waals surface area contributed by atoms with E-state index < -0.39 is 11.8 Å². The number of para-hydroxylation sites is 3. The molecule has 152 valence electrons. The summed E-state index contributed by atoms with van der Waals surface area (Å²) in [5.74, 6) is -0.461. The average Bonchev–Trinajstić information content (AvgIpc) is 3.06. The maximum absolute atomic E-state index is 13.6. The van der Waals surface area contributed by atoms with Gasteiger partial charge >= 0.3 is 11.7 Å². The van der Waals surface area contributed by atoms with E-state index in [2.05, 4.69) is 20.5 Å². The molecule has 4 rings (SSSR count). The highest BCUT2D eigenvalue weighted by Crippen LogP contribution is 2.24. The number of anilines is 1. The number of halogens is 1. The first-order valence-electron chi connectivity index (χ1n) is 9.83. The molecule has 1 aliphatic heterocycles. The van der Waals surface area contributed by atoms with Gasteiger partial charge in [0.05, 0.1) is 16.7 Å². The van der Waals surface area contributed by atoms with E-state index >= 15 is 0 Å². The van der Waals surface area contributed by atoms with Gasteiger partial charge in [-0.25, -0.2) is 14.0 Å². The van der Waals surface area contributed by atoms with Crippen molar-refractivity contribution in [2.75, 3.05) is 31.5 Å². The molecule has 0 saturated carbocycles. The highest BCUT2D eigenvalue weighted by Gasteiger charge is 2.23. The van der Waals surface area contributed by atoms with E-state index in [4.69, 9.17) is 0 Å². The number of likely N-dealkylation sites (tertiary alicyclic amines) is 1. The number of amides is 2. The van der Waals surface area contributed by atoms with Crippen molar-refractivity contribution in [2.24, 2.45) is 0 Å². The molecule has 8 heteroatoms. The maximum Gasteiger partial charge on any atom is 0.326 e. The Balaban J connectivity index is 1.25. The van der Waals surface area contributed by atoms with Crippen LogP contribution in [-0.4, -0.2) is 46.7 Å². The molecular formula is C21H24FN5O2. The Hall–Kier alpha value is -3.13. The number of imidazole rings is 1. The van der Waals surface area contributed by atoms with Gasteiger partial charge in [-0.2, -0.15) is 0 Å². The summed E-state index contributed by atoms with van der Waals surface area (Å²) in [5, 5.41) is 5.27. The van der Waals surface area contributed by atoms with E-state index in [1.54, 1.807) is 12.1 Å². The van der Waals surface area contributed by atoms with Crippen molar-refractivity contribution in [3.8, 4) is 0 Å². The number of hydrogen-bond acceptors (Lipinski definition) is 3. The van der Waals surface area contributed by atoms with Crippen molar-refractivity contribution >= 4 is 22.8 Å². The first-order chi connectivity index (χ1) is 14.1. The van der Waals surface area contributed by atoms with E-state index in [1.807, 2.05) is 28.8 Å². The molecule has 1 fully saturated rings. The molecular weight excluding hydrogens is 373 g/mol. The van der Waals surface area contributed by atoms with Gasteiger partial charge in [-0.1, -0.05) is 24.3 Å². The van der Waals surface area contributed by atoms with Gasteiger partial charge in [0, 0.05) is 32.2 Å². The number of H-pyrrole nitrogens is 1. The number of nitrogens with one attached hydrogen (secondary N) is 3. The number of urea groups is 1. The molecule has 7 nitrogen and oxygen atoms in total. The first-order valence-corrected chi connectivity index (χ1v) is 9.83. The second-order valence-electron chi connectivity index (χ2n) is 7.25. The minimum Gasteiger partial charge on any atom is -0.337 e. The smallest absolute Gasteiger partial charge is 0.326 e. The second kappa shape index (κ2) is 8.48. The number of rotatable bonds is 5. The van der Waals surface area contributed by atoms with Crippen molar-refractivity contribution < 1.29 is 9.18 Å². The van der Waals surface area contributed by atoms with Crippen LogP contribution in [0.1, 0.15) is 18.9 Å². The number of aromatic nitrogens is 2. The largest absolute Gasteiger partial charge is 0.337 e. The summed E-state index contributed by atoms with van der Waals surface area (Å²) in [6.07, 6.45) is 1.76. The maximum atomic E-state index is 13.6. The summed E-state index contributed by atoms with van der Waals surface area (Å²) >= 11 is 0. The number of carbonyl (C=O) groups is 1. The molecule has 29 heavy (non-hydrogen) atoms. The molecule has 1 saturated heterocycles. The summed E-state index contributed by atoms with van der Waals surface area (Å²) in [6.45, 7) is 2.89. The molecule has 2 heterocycles. The average molecular weight is 397 g/mol. The van der Waals surface area contributed by atoms with Gasteiger partial charge in [0.15, 0.2) is 0 Å². The molecule has 2 amide bonds. The molecule has 0 spiro atoms. The molecule has 0 aliphatic carbocycles. The number of benzene rings is 2. The van der Waals surface area contributed by atoms with Crippen LogP contribution >= 0.6 is 0 Å². The second-order valence-corrected chi connectivity index (χ2v) is 7.25. The summed E-state index contributed by atoms with van der Waals surface area (Å²) in [6, 6.07) is 13.6. The monoisotopic (exact) mass is 397 g/mol. The van der Waals surface area contributed by atoms with Crippen LogP contribution in [0.3, 0.4) is 0 Å². The number of nitrogens with zero attached hydrogens (tertiary/aromatic N) is 2. The van der Waals surface area contributed by atoms with Crippen molar-refractivity contribution in [1.82, 2.24) is 19.8 Å². The Morgan fingerprint density at radius 1 is 1.10 bits per heavy atom. The Kier molecular flexibility index (Phi) is 5.62. The third-order valence-electron chi connectivity index (χ3n) is 5.38. The number of fused-ring (bicyclic) bond motifs is 1. The summed E-state index contributed by atoms with van der Waals surface area (Å²) in [4.78, 5) is 29.5. The van der Waals surface area contributed by atoms with E-state index in [0.717, 1.165) is 37.0 Å². The predicted molar refractivity (Wildman–Crippen MR) is 111 cm³/mol. The Morgan fingerprint density at radius 2 is 1.83 bits per heavy atom. The highest BCUT2D eigenvalue weighted by atomic mass is 19.1. The Morgan fingerprint density at radius 3 is 2.62 bits per heavy atom. The Labute approximate surface area is 167 Å². The van der Waals surface area contributed by atoms with Gasteiger partial charge in [0.2, 0.25) is 0 Å². The van der Waals surface area contributed by atoms with Crippen LogP contribution in [0.2, 0.25) is 0 Å². The fraction of sp³-hybridized carbons (Fsp3) is 0.333. The van der Waals surface area contributed by atoms with Gasteiger partial charge in [0.25, 0.3) is 0 Å². The third kappa shape index (κ3) is 4.32. The van der Waals surface area contributed by atoms with Crippen molar-refractivity contribution in [3.63, 3.8) is 0 Å². The molecule has 0 radical (unpaired) electrons. The SMILES string of the molecule is O=C(NCCN1CCC(n2c(=O)[nH]c3ccccc32)CC1)Nc1ccccc1F. The summed E-state index contributed by atoms with van der Waals surface area (Å²) in [7, 11) is 0. The van der Waals surface area contributed by atoms with E-state index in [-0.39, 0.29) is 17.4 Å². The van der Waals surface area contributed by atoms with Crippen LogP contribution in [0.15, 0.2) is 53.3 Å². The van der Waals surface area contributed by atoms with Crippen molar-refractivity contribution in [1.29, 1.82) is 0 Å². The van der Waals surface area contributed by atoms with Crippen LogP contribution < -0.4 is 16.3 Å². The van der Waals surface area contributed by atoms with Gasteiger partial charge in [0.1, 0.15) is 5.82 Å². The van der Waals surface area contributed by atoms with Crippen LogP contribution in [-0.2, 0) is 0 Å². The summed E-state index contributed by atoms with van der Waals surface area (Å²) < 4.78 is 15.4. The lowest BCUT2D eigenvalue weighted by Crippen LogP contribution is -2.41. The van der Waals surface area contributed by atoms with Crippen LogP contribution in [0.25, 0.3) is 11.0 Å². The zero-order chi connectivity index (χ0) is 20.2. The number of hydrogen-bond donors (Lipinski definition) is 3. The predicted octanol–water partition coefficient (Wildman–Crippen LogP) is 2.93. The van der Waals surface area contributed by atoms with Crippen LogP contribution in [0.4, 0.5) is 14.9 Å². The molecule has 0 bridgehead atoms. The normalized spacial score (nSPS) is 15.5. The van der Waals surface area contributed by atoms with Gasteiger partial charge < -0.3 is 20.5 Å². The van der Waals surface area contributed by atoms with Crippen molar-refractivity contribution in [3.05, 3.63) is 64.8 Å². The lowest BCUT2D eigenvalue weighted by Gasteiger charge is -2.32. The number of carbonyl (C=O) groups excluding carboxylic acids is 1. The molecule has 3 N–H and O–H groups in total. The lowest BCUT2D eigenvalue weighted by atomic mass is 10.0. The van der Waals surface area contributed by atoms with E-state index in [0.29, 0.717) is 13.1 Å². The first kappa shape index (κ1) is 19.2. The molecule has 0 atom stereocenters. The van der Waals surface area contributed by atoms with Crippen molar-refractivity contribution in [2.45, 2.75) is 18.9 Å². The molecule has 1 aromatic heterocycles. The number of piperidine rings is 1.